The summed E-state index contributed by atoms with van der Waals surface area (Å²) in [6.07, 6.45) is 2.41. The molecule has 2 N–H and O–H groups in total. The van der Waals surface area contributed by atoms with Crippen LogP contribution >= 0.6 is 0 Å². The molecule has 0 unspecified atom stereocenters. The van der Waals surface area contributed by atoms with Gasteiger partial charge in [0, 0.05) is 24.0 Å². The van der Waals surface area contributed by atoms with Crippen LogP contribution in [0.2, 0.25) is 0 Å². The lowest BCUT2D eigenvalue weighted by Crippen LogP contribution is -2.17. The molecule has 6 heteroatoms. The molecule has 2 aromatic carbocycles. The summed E-state index contributed by atoms with van der Waals surface area (Å²) in [5, 5.41) is 6.13. The lowest BCUT2D eigenvalue weighted by atomic mass is 10.1. The number of anilines is 2. The van der Waals surface area contributed by atoms with Crippen LogP contribution in [0.5, 0.6) is 5.75 Å². The summed E-state index contributed by atoms with van der Waals surface area (Å²) < 4.78 is 5.35. The third-order valence-corrected chi connectivity index (χ3v) is 4.50. The maximum absolute atomic E-state index is 12.7. The molecular weight excluding hydrogens is 352 g/mol. The van der Waals surface area contributed by atoms with Gasteiger partial charge in [-0.15, -0.1) is 0 Å². The topological polar surface area (TPSA) is 76.1 Å². The summed E-state index contributed by atoms with van der Waals surface area (Å²) >= 11 is 0. The molecule has 0 saturated heterocycles. The van der Waals surface area contributed by atoms with Crippen LogP contribution in [0, 0.1) is 6.92 Å². The Morgan fingerprint density at radius 2 is 1.86 bits per heavy atom. The second-order valence-electron chi connectivity index (χ2n) is 6.35. The normalized spacial score (nSPS) is 10.4. The lowest BCUT2D eigenvalue weighted by molar-refractivity contribution is 0.102. The minimum Gasteiger partial charge on any atom is -0.496 e. The van der Waals surface area contributed by atoms with Crippen molar-refractivity contribution in [1.82, 2.24) is 9.97 Å². The monoisotopic (exact) mass is 376 g/mol. The summed E-state index contributed by atoms with van der Waals surface area (Å²) in [7, 11) is 1.64. The number of aryl methyl sites for hydroxylation is 2. The highest BCUT2D eigenvalue weighted by atomic mass is 16.5. The first-order valence-corrected chi connectivity index (χ1v) is 9.21. The average molecular weight is 376 g/mol. The van der Waals surface area contributed by atoms with Gasteiger partial charge in [0.15, 0.2) is 0 Å². The number of amides is 1. The number of nitrogens with zero attached hydrogens (tertiary/aromatic N) is 2. The van der Waals surface area contributed by atoms with Crippen LogP contribution in [0.25, 0.3) is 0 Å². The molecule has 1 heterocycles. The van der Waals surface area contributed by atoms with E-state index >= 15 is 0 Å². The highest BCUT2D eigenvalue weighted by molar-refractivity contribution is 6.03. The molecule has 0 aliphatic rings. The number of aromatic nitrogens is 2. The van der Waals surface area contributed by atoms with E-state index in [1.165, 1.54) is 0 Å². The van der Waals surface area contributed by atoms with E-state index in [-0.39, 0.29) is 5.91 Å². The van der Waals surface area contributed by atoms with Crippen molar-refractivity contribution in [3.63, 3.8) is 0 Å². The molecule has 0 radical (unpaired) electrons. The molecule has 0 aliphatic heterocycles. The summed E-state index contributed by atoms with van der Waals surface area (Å²) in [5.74, 6) is 0.918. The molecule has 0 spiro atoms. The molecule has 0 aliphatic carbocycles. The van der Waals surface area contributed by atoms with Crippen molar-refractivity contribution in [1.29, 1.82) is 0 Å². The van der Waals surface area contributed by atoms with Crippen LogP contribution in [0.3, 0.4) is 0 Å². The predicted octanol–water partition coefficient (Wildman–Crippen LogP) is 4.22. The molecule has 0 saturated carbocycles. The minimum absolute atomic E-state index is 0.258. The zero-order valence-electron chi connectivity index (χ0n) is 16.3. The number of hydrogen-bond donors (Lipinski definition) is 2. The first-order valence-electron chi connectivity index (χ1n) is 9.21. The van der Waals surface area contributed by atoms with Crippen LogP contribution in [-0.2, 0) is 13.0 Å². The number of rotatable bonds is 7. The Labute approximate surface area is 165 Å². The number of carbonyl (C=O) groups is 1. The molecule has 144 valence electrons. The van der Waals surface area contributed by atoms with E-state index in [1.807, 2.05) is 49.4 Å². The summed E-state index contributed by atoms with van der Waals surface area (Å²) in [6.45, 7) is 4.54. The molecule has 0 bridgehead atoms. The molecule has 1 amide bonds. The minimum atomic E-state index is -0.258. The SMILES string of the molecule is CCc1cccc(C)c1NC(=O)c1ccnc(NCc2ccccc2OC)n1. The Kier molecular flexibility index (Phi) is 6.22. The lowest BCUT2D eigenvalue weighted by Gasteiger charge is -2.13. The van der Waals surface area contributed by atoms with E-state index < -0.39 is 0 Å². The Hall–Kier alpha value is -3.41. The highest BCUT2D eigenvalue weighted by Gasteiger charge is 2.13. The zero-order chi connectivity index (χ0) is 19.9. The fraction of sp³-hybridized carbons (Fsp3) is 0.227. The number of para-hydroxylation sites is 2. The molecule has 0 fully saturated rings. The summed E-state index contributed by atoms with van der Waals surface area (Å²) in [4.78, 5) is 21.3. The van der Waals surface area contributed by atoms with E-state index in [0.717, 1.165) is 34.5 Å². The van der Waals surface area contributed by atoms with Crippen molar-refractivity contribution in [3.8, 4) is 5.75 Å². The van der Waals surface area contributed by atoms with Gasteiger partial charge in [-0.3, -0.25) is 4.79 Å². The van der Waals surface area contributed by atoms with Crippen LogP contribution < -0.4 is 15.4 Å². The van der Waals surface area contributed by atoms with Crippen LogP contribution in [0.15, 0.2) is 54.7 Å². The van der Waals surface area contributed by atoms with Gasteiger partial charge in [-0.25, -0.2) is 9.97 Å². The maximum atomic E-state index is 12.7. The van der Waals surface area contributed by atoms with Crippen molar-refractivity contribution in [2.24, 2.45) is 0 Å². The van der Waals surface area contributed by atoms with Gasteiger partial charge in [-0.05, 0) is 36.6 Å². The van der Waals surface area contributed by atoms with Gasteiger partial charge < -0.3 is 15.4 Å². The van der Waals surface area contributed by atoms with Crippen molar-refractivity contribution < 1.29 is 9.53 Å². The van der Waals surface area contributed by atoms with Crippen LogP contribution in [-0.4, -0.2) is 23.0 Å². The molecular formula is C22H24N4O2. The second kappa shape index (κ2) is 8.99. The number of hydrogen-bond acceptors (Lipinski definition) is 5. The number of carbonyl (C=O) groups excluding carboxylic acids is 1. The van der Waals surface area contributed by atoms with Crippen molar-refractivity contribution in [2.75, 3.05) is 17.7 Å². The number of methoxy groups -OCH3 is 1. The van der Waals surface area contributed by atoms with Gasteiger partial charge in [0.25, 0.3) is 5.91 Å². The first-order chi connectivity index (χ1) is 13.6. The van der Waals surface area contributed by atoms with Crippen LogP contribution in [0.4, 0.5) is 11.6 Å². The van der Waals surface area contributed by atoms with Crippen molar-refractivity contribution in [3.05, 3.63) is 77.1 Å². The van der Waals surface area contributed by atoms with Crippen molar-refractivity contribution in [2.45, 2.75) is 26.8 Å². The first kappa shape index (κ1) is 19.4. The second-order valence-corrected chi connectivity index (χ2v) is 6.35. The summed E-state index contributed by atoms with van der Waals surface area (Å²) in [5.41, 5.74) is 4.25. The van der Waals surface area contributed by atoms with Gasteiger partial charge in [0.1, 0.15) is 11.4 Å². The van der Waals surface area contributed by atoms with Gasteiger partial charge in [0.05, 0.1) is 7.11 Å². The smallest absolute Gasteiger partial charge is 0.274 e. The van der Waals surface area contributed by atoms with Gasteiger partial charge >= 0.3 is 0 Å². The Bertz CT molecular complexity index is 972. The standard InChI is InChI=1S/C22H24N4O2/c1-4-16-10-7-8-15(2)20(16)26-21(27)18-12-13-23-22(25-18)24-14-17-9-5-6-11-19(17)28-3/h5-13H,4,14H2,1-3H3,(H,26,27)(H,23,24,25). The van der Waals surface area contributed by atoms with E-state index in [0.29, 0.717) is 18.2 Å². The molecule has 0 atom stereocenters. The van der Waals surface area contributed by atoms with Gasteiger partial charge in [0.2, 0.25) is 5.95 Å². The fourth-order valence-corrected chi connectivity index (χ4v) is 2.97. The largest absolute Gasteiger partial charge is 0.496 e. The van der Waals surface area contributed by atoms with E-state index in [2.05, 4.69) is 27.5 Å². The third kappa shape index (κ3) is 4.46. The van der Waals surface area contributed by atoms with Gasteiger partial charge in [-0.2, -0.15) is 0 Å². The Balaban J connectivity index is 1.73. The van der Waals surface area contributed by atoms with E-state index in [9.17, 15) is 4.79 Å². The maximum Gasteiger partial charge on any atom is 0.274 e. The third-order valence-electron chi connectivity index (χ3n) is 4.50. The number of benzene rings is 2. The van der Waals surface area contributed by atoms with E-state index in [4.69, 9.17) is 4.74 Å². The highest BCUT2D eigenvalue weighted by Crippen LogP contribution is 2.22. The summed E-state index contributed by atoms with van der Waals surface area (Å²) in [6, 6.07) is 15.3. The van der Waals surface area contributed by atoms with E-state index in [1.54, 1.807) is 19.4 Å². The number of ether oxygens (including phenoxy) is 1. The Morgan fingerprint density at radius 3 is 2.64 bits per heavy atom. The fourth-order valence-electron chi connectivity index (χ4n) is 2.97. The Morgan fingerprint density at radius 1 is 1.07 bits per heavy atom. The van der Waals surface area contributed by atoms with Crippen LogP contribution in [0.1, 0.15) is 34.1 Å². The van der Waals surface area contributed by atoms with Gasteiger partial charge in [-0.1, -0.05) is 43.3 Å². The molecule has 3 rings (SSSR count). The van der Waals surface area contributed by atoms with Crippen molar-refractivity contribution >= 4 is 17.5 Å². The molecule has 6 nitrogen and oxygen atoms in total. The molecule has 28 heavy (non-hydrogen) atoms. The predicted molar refractivity (Wildman–Crippen MR) is 111 cm³/mol. The molecule has 1 aromatic heterocycles. The molecule has 3 aromatic rings. The zero-order valence-corrected chi connectivity index (χ0v) is 16.3. The number of nitrogens with one attached hydrogen (secondary N) is 2. The quantitative estimate of drug-likeness (QED) is 0.646. The average Bonchev–Trinajstić information content (AvgIpc) is 2.74.